The van der Waals surface area contributed by atoms with E-state index in [1.807, 2.05) is 10.7 Å². The molecule has 30 heavy (non-hydrogen) atoms. The molecule has 8 nitrogen and oxygen atoms in total. The van der Waals surface area contributed by atoms with Gasteiger partial charge in [-0.1, -0.05) is 17.3 Å². The first-order chi connectivity index (χ1) is 14.5. The number of aromatic nitrogens is 5. The van der Waals surface area contributed by atoms with E-state index >= 15 is 0 Å². The normalized spacial score (nSPS) is 36.4. The maximum atomic E-state index is 8.95. The molecule has 0 saturated heterocycles. The van der Waals surface area contributed by atoms with Crippen molar-refractivity contribution in [1.29, 1.82) is 0 Å². The molecule has 0 N–H and O–H groups in total. The number of hydrogen-bond acceptors (Lipinski definition) is 7. The number of rotatable bonds is 4. The number of carbonyl (C=O) groups is 1. The molecule has 7 rings (SSSR count). The number of methoxy groups -OCH3 is 1. The minimum atomic E-state index is 0.209. The smallest absolute Gasteiger partial charge is 0.292 e. The summed E-state index contributed by atoms with van der Waals surface area (Å²) in [6.45, 7) is 6.99. The Morgan fingerprint density at radius 3 is 2.77 bits per heavy atom. The van der Waals surface area contributed by atoms with Crippen LogP contribution in [-0.4, -0.2) is 38.7 Å². The molecule has 0 amide bonds. The van der Waals surface area contributed by atoms with Gasteiger partial charge in [0.15, 0.2) is 0 Å². The predicted octanol–water partition coefficient (Wildman–Crippen LogP) is 3.25. The van der Waals surface area contributed by atoms with Crippen molar-refractivity contribution in [3.8, 4) is 11.4 Å². The Kier molecular flexibility index (Phi) is 3.54. The highest BCUT2D eigenvalue weighted by Crippen LogP contribution is 2.91. The fourth-order valence-electron chi connectivity index (χ4n) is 7.29. The van der Waals surface area contributed by atoms with Crippen LogP contribution in [0, 0.1) is 35.5 Å². The molecule has 8 heteroatoms. The minimum Gasteiger partial charge on any atom is -0.471 e. The molecule has 0 radical (unpaired) electrons. The second-order valence-electron chi connectivity index (χ2n) is 9.49. The van der Waals surface area contributed by atoms with Gasteiger partial charge >= 0.3 is 0 Å². The summed E-state index contributed by atoms with van der Waals surface area (Å²) in [6.07, 6.45) is 1.39. The van der Waals surface area contributed by atoms with Crippen molar-refractivity contribution in [1.82, 2.24) is 25.1 Å². The number of hydrogen-bond donors (Lipinski definition) is 0. The summed E-state index contributed by atoms with van der Waals surface area (Å²) in [5, 5.41) is 12.9. The fourth-order valence-corrected chi connectivity index (χ4v) is 7.29. The van der Waals surface area contributed by atoms with Crippen LogP contribution in [0.2, 0.25) is 0 Å². The number of fused-ring (bicyclic) bond motifs is 3. The van der Waals surface area contributed by atoms with Crippen LogP contribution >= 0.6 is 0 Å². The van der Waals surface area contributed by atoms with Gasteiger partial charge in [0.05, 0.1) is 18.0 Å². The third kappa shape index (κ3) is 1.86. The first kappa shape index (κ1) is 18.0. The highest BCUT2D eigenvalue weighted by molar-refractivity contribution is 5.80. The van der Waals surface area contributed by atoms with Gasteiger partial charge in [0.25, 0.3) is 6.47 Å². The Labute approximate surface area is 174 Å². The van der Waals surface area contributed by atoms with E-state index in [2.05, 4.69) is 53.1 Å². The van der Waals surface area contributed by atoms with E-state index in [1.165, 1.54) is 13.5 Å². The molecule has 2 aromatic heterocycles. The summed E-state index contributed by atoms with van der Waals surface area (Å²) in [6, 6.07) is 6.42. The lowest BCUT2D eigenvalue weighted by Crippen LogP contribution is -2.91. The van der Waals surface area contributed by atoms with Crippen LogP contribution in [0.3, 0.4) is 0 Å². The lowest BCUT2D eigenvalue weighted by molar-refractivity contribution is -0.427. The summed E-state index contributed by atoms with van der Waals surface area (Å²) in [4.78, 5) is 13.8. The largest absolute Gasteiger partial charge is 0.471 e. The zero-order valence-corrected chi connectivity index (χ0v) is 17.5. The van der Waals surface area contributed by atoms with Gasteiger partial charge < -0.3 is 9.26 Å². The van der Waals surface area contributed by atoms with Crippen LogP contribution in [0.4, 0.5) is 0 Å². The van der Waals surface area contributed by atoms with Crippen molar-refractivity contribution in [3.05, 3.63) is 24.1 Å². The third-order valence-electron chi connectivity index (χ3n) is 8.42. The van der Waals surface area contributed by atoms with Crippen LogP contribution in [0.5, 0.6) is 0 Å². The van der Waals surface area contributed by atoms with Crippen molar-refractivity contribution < 1.29 is 14.1 Å². The van der Waals surface area contributed by atoms with Crippen LogP contribution in [0.1, 0.15) is 39.1 Å². The second-order valence-corrected chi connectivity index (χ2v) is 9.49. The maximum Gasteiger partial charge on any atom is 0.292 e. The fraction of sp³-hybridized carbons (Fsp3) is 0.591. The topological polar surface area (TPSA) is 95.9 Å². The molecule has 4 saturated carbocycles. The van der Waals surface area contributed by atoms with E-state index in [1.54, 1.807) is 0 Å². The Balaban J connectivity index is 0.000000406. The highest BCUT2D eigenvalue weighted by atomic mass is 16.5. The zero-order valence-electron chi connectivity index (χ0n) is 17.5. The third-order valence-corrected chi connectivity index (χ3v) is 8.42. The van der Waals surface area contributed by atoms with Gasteiger partial charge in [-0.15, -0.1) is 5.10 Å². The van der Waals surface area contributed by atoms with Gasteiger partial charge in [-0.2, -0.15) is 4.98 Å². The lowest BCUT2D eigenvalue weighted by atomic mass is 9.11. The zero-order chi connectivity index (χ0) is 20.8. The summed E-state index contributed by atoms with van der Waals surface area (Å²) in [5.74, 6) is 6.87. The Hall–Kier alpha value is -2.77. The average molecular weight is 407 g/mol. The van der Waals surface area contributed by atoms with Crippen molar-refractivity contribution in [2.24, 2.45) is 35.5 Å². The Morgan fingerprint density at radius 1 is 1.33 bits per heavy atom. The molecular weight excluding hydrogens is 382 g/mol. The SMILES string of the molecule is CC(C)n1nnc2cc(-c3noc(C45C(C)C6C7CC4C7C65)n3)ccc21.COC=O. The minimum absolute atomic E-state index is 0.209. The standard InChI is InChI=1S/C20H21N5O.C2H4O2/c1-8(2)25-14-5-4-10(6-13(14)22-24-25)18-21-19(26-23-18)20-9(3)15-11-7-12(20)16(11)17(15)20;1-4-2-3/h4-6,8-9,11-12,15-17H,7H2,1-3H3;2H,1H3. The number of carbonyl (C=O) groups excluding carboxylic acids is 1. The highest BCUT2D eigenvalue weighted by Gasteiger charge is 2.91. The quantitative estimate of drug-likeness (QED) is 0.613. The molecule has 1 aromatic carbocycles. The molecule has 4 fully saturated rings. The Bertz CT molecular complexity index is 1140. The summed E-state index contributed by atoms with van der Waals surface area (Å²) in [7, 11) is 1.31. The van der Waals surface area contributed by atoms with E-state index in [9.17, 15) is 0 Å². The van der Waals surface area contributed by atoms with Crippen molar-refractivity contribution in [2.75, 3.05) is 7.11 Å². The Morgan fingerprint density at radius 2 is 2.13 bits per heavy atom. The summed E-state index contributed by atoms with van der Waals surface area (Å²) >= 11 is 0. The lowest BCUT2D eigenvalue weighted by Gasteiger charge is -2.91. The molecule has 4 aliphatic carbocycles. The van der Waals surface area contributed by atoms with Crippen molar-refractivity contribution in [3.63, 3.8) is 0 Å². The molecule has 0 spiro atoms. The van der Waals surface area contributed by atoms with E-state index in [0.29, 0.717) is 18.2 Å². The van der Waals surface area contributed by atoms with Crippen LogP contribution in [0.15, 0.2) is 22.7 Å². The van der Waals surface area contributed by atoms with Gasteiger partial charge in [-0.3, -0.25) is 4.79 Å². The molecule has 156 valence electrons. The van der Waals surface area contributed by atoms with Crippen LogP contribution < -0.4 is 0 Å². The van der Waals surface area contributed by atoms with Crippen LogP contribution in [0.25, 0.3) is 22.4 Å². The molecule has 0 aliphatic heterocycles. The van der Waals surface area contributed by atoms with Gasteiger partial charge in [0, 0.05) is 11.6 Å². The van der Waals surface area contributed by atoms with E-state index in [-0.39, 0.29) is 11.5 Å². The van der Waals surface area contributed by atoms with Crippen molar-refractivity contribution >= 4 is 17.5 Å². The molecule has 0 bridgehead atoms. The van der Waals surface area contributed by atoms with Gasteiger partial charge in [0.2, 0.25) is 11.7 Å². The van der Waals surface area contributed by atoms with Gasteiger partial charge in [-0.05, 0) is 74.0 Å². The monoisotopic (exact) mass is 407 g/mol. The van der Waals surface area contributed by atoms with Crippen LogP contribution in [-0.2, 0) is 14.9 Å². The molecule has 7 unspecified atom stereocenters. The molecule has 2 heterocycles. The maximum absolute atomic E-state index is 8.95. The number of ether oxygens (including phenoxy) is 1. The first-order valence-electron chi connectivity index (χ1n) is 10.7. The molecule has 4 aliphatic rings. The van der Waals surface area contributed by atoms with E-state index < -0.39 is 0 Å². The van der Waals surface area contributed by atoms with Gasteiger partial charge in [0.1, 0.15) is 5.52 Å². The number of nitrogens with zero attached hydrogens (tertiary/aromatic N) is 5. The summed E-state index contributed by atoms with van der Waals surface area (Å²) < 4.78 is 11.6. The van der Waals surface area contributed by atoms with Crippen molar-refractivity contribution in [2.45, 2.75) is 38.6 Å². The predicted molar refractivity (Wildman–Crippen MR) is 107 cm³/mol. The van der Waals surface area contributed by atoms with Gasteiger partial charge in [-0.25, -0.2) is 4.68 Å². The molecule has 7 atom stereocenters. The summed E-state index contributed by atoms with van der Waals surface area (Å²) in [5.41, 5.74) is 3.08. The van der Waals surface area contributed by atoms with E-state index in [4.69, 9.17) is 14.3 Å². The first-order valence-corrected chi connectivity index (χ1v) is 10.7. The second kappa shape index (κ2) is 5.89. The van der Waals surface area contributed by atoms with E-state index in [0.717, 1.165) is 52.1 Å². The average Bonchev–Trinajstić information content (AvgIpc) is 3.40. The molecular formula is C22H25N5O3. The number of benzene rings is 1. The molecule has 3 aromatic rings.